The van der Waals surface area contributed by atoms with Crippen molar-refractivity contribution in [3.05, 3.63) is 77.2 Å². The van der Waals surface area contributed by atoms with Crippen LogP contribution in [0.5, 0.6) is 0 Å². The second-order valence-electron chi connectivity index (χ2n) is 4.55. The summed E-state index contributed by atoms with van der Waals surface area (Å²) in [5.74, 6) is 0.418. The quantitative estimate of drug-likeness (QED) is 0.647. The number of allylic oxidation sites excluding steroid dienone is 9. The van der Waals surface area contributed by atoms with Gasteiger partial charge in [0.15, 0.2) is 0 Å². The predicted molar refractivity (Wildman–Crippen MR) is 70.0 cm³/mol. The van der Waals surface area contributed by atoms with Crippen molar-refractivity contribution in [2.45, 2.75) is 0 Å². The molecule has 0 bridgehead atoms. The molecular formula is C16H11N. The van der Waals surface area contributed by atoms with Gasteiger partial charge in [-0.3, -0.25) is 4.98 Å². The van der Waals surface area contributed by atoms with Crippen molar-refractivity contribution in [1.29, 1.82) is 0 Å². The van der Waals surface area contributed by atoms with E-state index in [4.69, 9.17) is 0 Å². The summed E-state index contributed by atoms with van der Waals surface area (Å²) >= 11 is 0. The third-order valence-corrected chi connectivity index (χ3v) is 3.61. The Labute approximate surface area is 100 Å². The molecule has 1 unspecified atom stereocenters. The van der Waals surface area contributed by atoms with Crippen LogP contribution in [0.1, 0.15) is 11.1 Å². The van der Waals surface area contributed by atoms with Gasteiger partial charge >= 0.3 is 0 Å². The highest BCUT2D eigenvalue weighted by Gasteiger charge is 2.29. The van der Waals surface area contributed by atoms with Crippen LogP contribution in [0.25, 0.3) is 11.6 Å². The van der Waals surface area contributed by atoms with Crippen LogP contribution in [0, 0.1) is 5.92 Å². The van der Waals surface area contributed by atoms with E-state index in [1.54, 1.807) is 0 Å². The maximum Gasteiger partial charge on any atom is 0.0349 e. The lowest BCUT2D eigenvalue weighted by atomic mass is 9.72. The molecule has 1 nitrogen and oxygen atoms in total. The molecule has 4 rings (SSSR count). The van der Waals surface area contributed by atoms with Crippen molar-refractivity contribution in [3.63, 3.8) is 0 Å². The first-order chi connectivity index (χ1) is 8.43. The van der Waals surface area contributed by atoms with E-state index in [1.807, 2.05) is 12.4 Å². The van der Waals surface area contributed by atoms with E-state index in [-0.39, 0.29) is 0 Å². The largest absolute Gasteiger partial charge is 0.264 e. The number of nitrogens with zero attached hydrogens (tertiary/aromatic N) is 1. The highest BCUT2D eigenvalue weighted by Crippen LogP contribution is 2.45. The van der Waals surface area contributed by atoms with Crippen molar-refractivity contribution in [1.82, 2.24) is 4.98 Å². The first-order valence-corrected chi connectivity index (χ1v) is 5.86. The second kappa shape index (κ2) is 3.17. The zero-order chi connectivity index (χ0) is 11.2. The fraction of sp³-hybridized carbons (Fsp3) is 0.0625. The zero-order valence-electron chi connectivity index (χ0n) is 9.30. The highest BCUT2D eigenvalue weighted by molar-refractivity contribution is 5.88. The maximum atomic E-state index is 4.25. The topological polar surface area (TPSA) is 12.9 Å². The number of aromatic nitrogens is 1. The summed E-state index contributed by atoms with van der Waals surface area (Å²) in [6.07, 6.45) is 19.2. The van der Waals surface area contributed by atoms with Gasteiger partial charge in [0.05, 0.1) is 0 Å². The number of fused-ring (bicyclic) bond motifs is 2. The molecule has 0 aliphatic heterocycles. The Kier molecular flexibility index (Phi) is 1.67. The zero-order valence-corrected chi connectivity index (χ0v) is 9.30. The summed E-state index contributed by atoms with van der Waals surface area (Å²) in [6, 6.07) is 2.09. The molecule has 3 aliphatic rings. The molecule has 1 aromatic rings. The fourth-order valence-electron chi connectivity index (χ4n) is 2.85. The van der Waals surface area contributed by atoms with Crippen LogP contribution in [-0.2, 0) is 0 Å². The van der Waals surface area contributed by atoms with Crippen LogP contribution in [0.4, 0.5) is 0 Å². The van der Waals surface area contributed by atoms with E-state index in [2.05, 4.69) is 53.6 Å². The fourth-order valence-corrected chi connectivity index (χ4v) is 2.85. The molecular weight excluding hydrogens is 206 g/mol. The molecule has 0 N–H and O–H groups in total. The molecule has 0 spiro atoms. The van der Waals surface area contributed by atoms with Gasteiger partial charge in [-0.2, -0.15) is 0 Å². The van der Waals surface area contributed by atoms with Crippen LogP contribution >= 0.6 is 0 Å². The van der Waals surface area contributed by atoms with E-state index in [1.165, 1.54) is 27.8 Å². The summed E-state index contributed by atoms with van der Waals surface area (Å²) in [5, 5.41) is 0. The molecule has 1 aromatic heterocycles. The highest BCUT2D eigenvalue weighted by atomic mass is 14.6. The van der Waals surface area contributed by atoms with Gasteiger partial charge in [-0.05, 0) is 28.3 Å². The number of hydrogen-bond acceptors (Lipinski definition) is 1. The molecule has 80 valence electrons. The summed E-state index contributed by atoms with van der Waals surface area (Å²) in [5.41, 5.74) is 6.69. The molecule has 17 heavy (non-hydrogen) atoms. The minimum atomic E-state index is 0.418. The monoisotopic (exact) mass is 217 g/mol. The van der Waals surface area contributed by atoms with Crippen molar-refractivity contribution < 1.29 is 0 Å². The van der Waals surface area contributed by atoms with Gasteiger partial charge in [-0.15, -0.1) is 0 Å². The summed E-state index contributed by atoms with van der Waals surface area (Å²) in [7, 11) is 0. The van der Waals surface area contributed by atoms with Crippen molar-refractivity contribution in [2.75, 3.05) is 0 Å². The normalized spacial score (nSPS) is 23.3. The van der Waals surface area contributed by atoms with Gasteiger partial charge in [0.25, 0.3) is 0 Å². The SMILES string of the molecule is C1=CC2=CC=CC3=Cc4ccncc4C(=C1)C23. The van der Waals surface area contributed by atoms with Crippen LogP contribution < -0.4 is 0 Å². The Morgan fingerprint density at radius 2 is 1.88 bits per heavy atom. The summed E-state index contributed by atoms with van der Waals surface area (Å²) < 4.78 is 0. The molecule has 0 aromatic carbocycles. The molecule has 1 heterocycles. The van der Waals surface area contributed by atoms with Crippen LogP contribution in [-0.4, -0.2) is 4.98 Å². The lowest BCUT2D eigenvalue weighted by Gasteiger charge is -2.32. The van der Waals surface area contributed by atoms with E-state index < -0.39 is 0 Å². The third-order valence-electron chi connectivity index (χ3n) is 3.61. The molecule has 0 radical (unpaired) electrons. The van der Waals surface area contributed by atoms with Gasteiger partial charge in [-0.25, -0.2) is 0 Å². The van der Waals surface area contributed by atoms with Crippen LogP contribution in [0.3, 0.4) is 0 Å². The van der Waals surface area contributed by atoms with Crippen molar-refractivity contribution >= 4 is 11.6 Å². The molecule has 1 heteroatoms. The summed E-state index contributed by atoms with van der Waals surface area (Å²) in [4.78, 5) is 4.25. The first-order valence-electron chi connectivity index (χ1n) is 5.86. The van der Waals surface area contributed by atoms with Gasteiger partial charge in [0.1, 0.15) is 0 Å². The van der Waals surface area contributed by atoms with Crippen LogP contribution in [0.2, 0.25) is 0 Å². The second-order valence-corrected chi connectivity index (χ2v) is 4.55. The smallest absolute Gasteiger partial charge is 0.0349 e. The Hall–Kier alpha value is -2.15. The molecule has 1 atom stereocenters. The Balaban J connectivity index is 2.06. The standard InChI is InChI=1S/C16H11N/c1-3-11-4-2-6-14-15-10-17-8-7-12(15)9-13(5-1)16(11)14/h1-10,16H. The van der Waals surface area contributed by atoms with E-state index >= 15 is 0 Å². The van der Waals surface area contributed by atoms with Gasteiger partial charge in [0.2, 0.25) is 0 Å². The average molecular weight is 217 g/mol. The van der Waals surface area contributed by atoms with E-state index in [0.29, 0.717) is 5.92 Å². The van der Waals surface area contributed by atoms with E-state index in [0.717, 1.165) is 0 Å². The molecule has 0 fully saturated rings. The lowest BCUT2D eigenvalue weighted by Crippen LogP contribution is -2.16. The van der Waals surface area contributed by atoms with Crippen molar-refractivity contribution in [2.24, 2.45) is 5.92 Å². The Morgan fingerprint density at radius 1 is 1.00 bits per heavy atom. The molecule has 0 saturated carbocycles. The van der Waals surface area contributed by atoms with Gasteiger partial charge in [-0.1, -0.05) is 42.5 Å². The number of pyridine rings is 1. The molecule has 3 aliphatic carbocycles. The minimum absolute atomic E-state index is 0.418. The third kappa shape index (κ3) is 1.17. The predicted octanol–water partition coefficient (Wildman–Crippen LogP) is 3.54. The van der Waals surface area contributed by atoms with E-state index in [9.17, 15) is 0 Å². The number of hydrogen-bond donors (Lipinski definition) is 0. The minimum Gasteiger partial charge on any atom is -0.264 e. The van der Waals surface area contributed by atoms with Gasteiger partial charge < -0.3 is 0 Å². The first kappa shape index (κ1) is 8.94. The average Bonchev–Trinajstić information content (AvgIpc) is 2.39. The number of rotatable bonds is 0. The molecule has 0 amide bonds. The van der Waals surface area contributed by atoms with Crippen LogP contribution in [0.15, 0.2) is 66.1 Å². The molecule has 0 saturated heterocycles. The summed E-state index contributed by atoms with van der Waals surface area (Å²) in [6.45, 7) is 0. The Morgan fingerprint density at radius 3 is 2.88 bits per heavy atom. The Bertz CT molecular complexity index is 654. The maximum absolute atomic E-state index is 4.25. The van der Waals surface area contributed by atoms with Gasteiger partial charge in [0, 0.05) is 23.9 Å². The van der Waals surface area contributed by atoms with Crippen molar-refractivity contribution in [3.8, 4) is 0 Å². The lowest BCUT2D eigenvalue weighted by molar-refractivity contribution is 0.949.